The van der Waals surface area contributed by atoms with E-state index in [1.807, 2.05) is 13.8 Å². The molecule has 1 aromatic heterocycles. The van der Waals surface area contributed by atoms with E-state index in [2.05, 4.69) is 36.1 Å². The zero-order valence-electron chi connectivity index (χ0n) is 12.9. The number of aromatic nitrogens is 1. The Labute approximate surface area is 116 Å². The maximum atomic E-state index is 5.29. The van der Waals surface area contributed by atoms with Crippen molar-refractivity contribution in [2.45, 2.75) is 65.6 Å². The fourth-order valence-electron chi connectivity index (χ4n) is 2.88. The quantitative estimate of drug-likeness (QED) is 0.908. The lowest BCUT2D eigenvalue weighted by Crippen LogP contribution is -2.62. The minimum Gasteiger partial charge on any atom is -0.361 e. The number of aryl methyl sites for hydroxylation is 2. The van der Waals surface area contributed by atoms with Gasteiger partial charge < -0.3 is 9.84 Å². The molecule has 2 unspecified atom stereocenters. The molecule has 1 aliphatic rings. The molecule has 0 aromatic carbocycles. The van der Waals surface area contributed by atoms with E-state index >= 15 is 0 Å². The maximum absolute atomic E-state index is 5.29. The van der Waals surface area contributed by atoms with Crippen LogP contribution in [0.1, 0.15) is 50.6 Å². The summed E-state index contributed by atoms with van der Waals surface area (Å²) in [4.78, 5) is 2.59. The predicted molar refractivity (Wildman–Crippen MR) is 77.2 cm³/mol. The highest BCUT2D eigenvalue weighted by Gasteiger charge is 2.34. The zero-order chi connectivity index (χ0) is 14.0. The molecule has 1 saturated heterocycles. The Kier molecular flexibility index (Phi) is 4.31. The van der Waals surface area contributed by atoms with Gasteiger partial charge in [-0.05, 0) is 33.6 Å². The zero-order valence-corrected chi connectivity index (χ0v) is 12.9. The molecule has 2 atom stereocenters. The first kappa shape index (κ1) is 14.5. The van der Waals surface area contributed by atoms with Crippen LogP contribution in [0.15, 0.2) is 4.52 Å². The molecule has 1 fully saturated rings. The minimum absolute atomic E-state index is 0.227. The highest BCUT2D eigenvalue weighted by molar-refractivity contribution is 5.21. The normalized spacial score (nSPS) is 28.8. The number of nitrogens with one attached hydrogen (secondary N) is 1. The Balaban J connectivity index is 2.15. The highest BCUT2D eigenvalue weighted by Crippen LogP contribution is 2.24. The molecule has 0 saturated carbocycles. The molecule has 0 amide bonds. The molecule has 0 aliphatic carbocycles. The lowest BCUT2D eigenvalue weighted by Gasteiger charge is -2.46. The summed E-state index contributed by atoms with van der Waals surface area (Å²) >= 11 is 0. The van der Waals surface area contributed by atoms with Crippen LogP contribution in [-0.2, 0) is 6.54 Å². The van der Waals surface area contributed by atoms with Gasteiger partial charge in [-0.1, -0.05) is 19.0 Å². The van der Waals surface area contributed by atoms with E-state index in [4.69, 9.17) is 4.52 Å². The van der Waals surface area contributed by atoms with Crippen molar-refractivity contribution in [3.63, 3.8) is 0 Å². The Bertz CT molecular complexity index is 410. The maximum Gasteiger partial charge on any atom is 0.138 e. The lowest BCUT2D eigenvalue weighted by molar-refractivity contribution is 0.0749. The topological polar surface area (TPSA) is 41.3 Å². The van der Waals surface area contributed by atoms with Gasteiger partial charge in [-0.25, -0.2) is 0 Å². The average Bonchev–Trinajstić information content (AvgIpc) is 2.71. The average molecular weight is 265 g/mol. The van der Waals surface area contributed by atoms with Crippen molar-refractivity contribution in [1.29, 1.82) is 0 Å². The molecule has 1 aromatic rings. The summed E-state index contributed by atoms with van der Waals surface area (Å²) in [7, 11) is 0. The number of nitrogens with zero attached hydrogens (tertiary/aromatic N) is 2. The van der Waals surface area contributed by atoms with Crippen LogP contribution in [0, 0.1) is 13.8 Å². The number of hydrogen-bond donors (Lipinski definition) is 1. The molecular weight excluding hydrogens is 238 g/mol. The SMILES string of the molecule is CCC1CNC(C)(CC)CN1Cc1c(C)noc1C. The number of rotatable bonds is 4. The molecular formula is C15H27N3O. The first-order valence-corrected chi connectivity index (χ1v) is 7.40. The van der Waals surface area contributed by atoms with E-state index in [1.54, 1.807) is 0 Å². The van der Waals surface area contributed by atoms with Crippen molar-refractivity contribution in [2.24, 2.45) is 0 Å². The van der Waals surface area contributed by atoms with Crippen LogP contribution in [0.5, 0.6) is 0 Å². The van der Waals surface area contributed by atoms with E-state index in [1.165, 1.54) is 12.0 Å². The van der Waals surface area contributed by atoms with Crippen molar-refractivity contribution in [3.8, 4) is 0 Å². The summed E-state index contributed by atoms with van der Waals surface area (Å²) in [6, 6.07) is 0.605. The molecule has 19 heavy (non-hydrogen) atoms. The summed E-state index contributed by atoms with van der Waals surface area (Å²) in [5.74, 6) is 0.962. The molecule has 4 nitrogen and oxygen atoms in total. The van der Waals surface area contributed by atoms with E-state index in [0.29, 0.717) is 6.04 Å². The van der Waals surface area contributed by atoms with Crippen LogP contribution < -0.4 is 5.32 Å². The standard InChI is InChI=1S/C15H27N3O/c1-6-13-8-16-15(5,7-2)10-18(13)9-14-11(3)17-19-12(14)4/h13,16H,6-10H2,1-5H3. The van der Waals surface area contributed by atoms with E-state index in [0.717, 1.165) is 37.5 Å². The van der Waals surface area contributed by atoms with Gasteiger partial charge >= 0.3 is 0 Å². The van der Waals surface area contributed by atoms with Gasteiger partial charge in [0.05, 0.1) is 5.69 Å². The third-order valence-corrected chi connectivity index (χ3v) is 4.63. The van der Waals surface area contributed by atoms with Crippen molar-refractivity contribution in [1.82, 2.24) is 15.4 Å². The third-order valence-electron chi connectivity index (χ3n) is 4.63. The largest absolute Gasteiger partial charge is 0.361 e. The van der Waals surface area contributed by atoms with Crippen LogP contribution >= 0.6 is 0 Å². The van der Waals surface area contributed by atoms with Gasteiger partial charge in [-0.2, -0.15) is 0 Å². The second-order valence-electron chi connectivity index (χ2n) is 6.06. The smallest absolute Gasteiger partial charge is 0.138 e. The molecule has 1 aliphatic heterocycles. The van der Waals surface area contributed by atoms with E-state index < -0.39 is 0 Å². The summed E-state index contributed by atoms with van der Waals surface area (Å²) in [6.45, 7) is 14.0. The van der Waals surface area contributed by atoms with E-state index in [-0.39, 0.29) is 5.54 Å². The van der Waals surface area contributed by atoms with Gasteiger partial charge in [-0.15, -0.1) is 0 Å². The van der Waals surface area contributed by atoms with Crippen molar-refractivity contribution in [3.05, 3.63) is 17.0 Å². The first-order valence-electron chi connectivity index (χ1n) is 7.40. The second-order valence-corrected chi connectivity index (χ2v) is 6.06. The van der Waals surface area contributed by atoms with Crippen molar-refractivity contribution >= 4 is 0 Å². The molecule has 0 radical (unpaired) electrons. The van der Waals surface area contributed by atoms with Crippen molar-refractivity contribution < 1.29 is 4.52 Å². The van der Waals surface area contributed by atoms with Crippen LogP contribution in [0.2, 0.25) is 0 Å². The summed E-state index contributed by atoms with van der Waals surface area (Å²) < 4.78 is 5.29. The molecule has 2 rings (SSSR count). The Morgan fingerprint density at radius 2 is 2.16 bits per heavy atom. The predicted octanol–water partition coefficient (Wildman–Crippen LogP) is 2.64. The van der Waals surface area contributed by atoms with Crippen LogP contribution in [0.25, 0.3) is 0 Å². The van der Waals surface area contributed by atoms with Crippen LogP contribution in [-0.4, -0.2) is 34.7 Å². The van der Waals surface area contributed by atoms with Crippen LogP contribution in [0.4, 0.5) is 0 Å². The molecule has 1 N–H and O–H groups in total. The van der Waals surface area contributed by atoms with Gasteiger partial charge in [0, 0.05) is 36.8 Å². The van der Waals surface area contributed by atoms with Gasteiger partial charge in [0.25, 0.3) is 0 Å². The molecule has 0 spiro atoms. The summed E-state index contributed by atoms with van der Waals surface area (Å²) in [5.41, 5.74) is 2.52. The highest BCUT2D eigenvalue weighted by atomic mass is 16.5. The van der Waals surface area contributed by atoms with Gasteiger partial charge in [-0.3, -0.25) is 4.90 Å². The van der Waals surface area contributed by atoms with Gasteiger partial charge in [0.1, 0.15) is 5.76 Å². The molecule has 2 heterocycles. The lowest BCUT2D eigenvalue weighted by atomic mass is 9.92. The summed E-state index contributed by atoms with van der Waals surface area (Å²) in [6.07, 6.45) is 2.33. The van der Waals surface area contributed by atoms with Crippen LogP contribution in [0.3, 0.4) is 0 Å². The van der Waals surface area contributed by atoms with Gasteiger partial charge in [0.2, 0.25) is 0 Å². The Morgan fingerprint density at radius 1 is 1.42 bits per heavy atom. The van der Waals surface area contributed by atoms with Crippen molar-refractivity contribution in [2.75, 3.05) is 13.1 Å². The number of piperazine rings is 1. The summed E-state index contributed by atoms with van der Waals surface area (Å²) in [5, 5.41) is 7.78. The molecule has 0 bridgehead atoms. The third kappa shape index (κ3) is 3.00. The minimum atomic E-state index is 0.227. The first-order chi connectivity index (χ1) is 8.99. The Hall–Kier alpha value is -0.870. The monoisotopic (exact) mass is 265 g/mol. The second kappa shape index (κ2) is 5.63. The molecule has 4 heteroatoms. The molecule has 108 valence electrons. The fraction of sp³-hybridized carbons (Fsp3) is 0.800. The Morgan fingerprint density at radius 3 is 2.68 bits per heavy atom. The number of hydrogen-bond acceptors (Lipinski definition) is 4. The fourth-order valence-corrected chi connectivity index (χ4v) is 2.88. The van der Waals surface area contributed by atoms with Gasteiger partial charge in [0.15, 0.2) is 0 Å². The van der Waals surface area contributed by atoms with E-state index in [9.17, 15) is 0 Å².